The van der Waals surface area contributed by atoms with E-state index in [1.54, 1.807) is 12.3 Å². The van der Waals surface area contributed by atoms with Crippen LogP contribution in [-0.2, 0) is 0 Å². The van der Waals surface area contributed by atoms with Gasteiger partial charge in [-0.2, -0.15) is 0 Å². The van der Waals surface area contributed by atoms with Crippen molar-refractivity contribution in [2.45, 2.75) is 6.92 Å². The molecule has 1 rings (SSSR count). The van der Waals surface area contributed by atoms with Crippen molar-refractivity contribution >= 4 is 11.6 Å². The van der Waals surface area contributed by atoms with Gasteiger partial charge in [0.25, 0.3) is 5.91 Å². The Balaban J connectivity index is 2.72. The van der Waals surface area contributed by atoms with Crippen LogP contribution >= 0.6 is 0 Å². The molecule has 1 unspecified atom stereocenters. The van der Waals surface area contributed by atoms with Crippen molar-refractivity contribution in [1.82, 2.24) is 4.98 Å². The van der Waals surface area contributed by atoms with Crippen molar-refractivity contribution in [3.63, 3.8) is 0 Å². The van der Waals surface area contributed by atoms with Crippen LogP contribution in [0.15, 0.2) is 18.5 Å². The molecule has 15 heavy (non-hydrogen) atoms. The lowest BCUT2D eigenvalue weighted by Crippen LogP contribution is -2.19. The number of carbonyl (C=O) groups is 1. The molecule has 1 atom stereocenters. The van der Waals surface area contributed by atoms with E-state index in [2.05, 4.69) is 10.3 Å². The standard InChI is InChI=1S/C10H15N3O2/c1-7(6-14)4-13-9-2-3-12-5-8(9)10(11)15/h2-3,5,7,14H,4,6H2,1H3,(H2,11,15)(H,12,13). The summed E-state index contributed by atoms with van der Waals surface area (Å²) in [4.78, 5) is 14.9. The third-order valence-corrected chi connectivity index (χ3v) is 2.04. The summed E-state index contributed by atoms with van der Waals surface area (Å²) in [6.45, 7) is 2.59. The van der Waals surface area contributed by atoms with Crippen LogP contribution in [0.25, 0.3) is 0 Å². The molecular weight excluding hydrogens is 194 g/mol. The maximum Gasteiger partial charge on any atom is 0.252 e. The first kappa shape index (κ1) is 11.5. The quantitative estimate of drug-likeness (QED) is 0.647. The van der Waals surface area contributed by atoms with Gasteiger partial charge in [-0.25, -0.2) is 0 Å². The molecule has 0 fully saturated rings. The Morgan fingerprint density at radius 3 is 3.07 bits per heavy atom. The van der Waals surface area contributed by atoms with Gasteiger partial charge >= 0.3 is 0 Å². The highest BCUT2D eigenvalue weighted by Gasteiger charge is 2.08. The van der Waals surface area contributed by atoms with Gasteiger partial charge in [0.1, 0.15) is 0 Å². The molecule has 1 aromatic rings. The van der Waals surface area contributed by atoms with Crippen LogP contribution in [0, 0.1) is 5.92 Å². The fourth-order valence-corrected chi connectivity index (χ4v) is 1.09. The topological polar surface area (TPSA) is 88.2 Å². The maximum atomic E-state index is 11.0. The van der Waals surface area contributed by atoms with Gasteiger partial charge in [-0.1, -0.05) is 6.92 Å². The number of anilines is 1. The Bertz CT molecular complexity index is 341. The first-order chi connectivity index (χ1) is 7.15. The number of nitrogens with one attached hydrogen (secondary N) is 1. The third-order valence-electron chi connectivity index (χ3n) is 2.04. The van der Waals surface area contributed by atoms with Gasteiger partial charge in [-0.3, -0.25) is 9.78 Å². The second-order valence-corrected chi connectivity index (χ2v) is 3.45. The molecule has 1 aromatic heterocycles. The summed E-state index contributed by atoms with van der Waals surface area (Å²) in [5.41, 5.74) is 6.20. The molecule has 0 bridgehead atoms. The van der Waals surface area contributed by atoms with Crippen LogP contribution in [0.2, 0.25) is 0 Å². The normalized spacial score (nSPS) is 12.1. The molecule has 0 aliphatic carbocycles. The zero-order valence-corrected chi connectivity index (χ0v) is 8.60. The smallest absolute Gasteiger partial charge is 0.252 e. The molecule has 0 spiro atoms. The Morgan fingerprint density at radius 2 is 2.47 bits per heavy atom. The van der Waals surface area contributed by atoms with Gasteiger partial charge in [0.2, 0.25) is 0 Å². The van der Waals surface area contributed by atoms with Crippen molar-refractivity contribution in [2.75, 3.05) is 18.5 Å². The number of carbonyl (C=O) groups excluding carboxylic acids is 1. The SMILES string of the molecule is CC(CO)CNc1ccncc1C(N)=O. The lowest BCUT2D eigenvalue weighted by molar-refractivity contribution is 0.100. The summed E-state index contributed by atoms with van der Waals surface area (Å²) in [6, 6.07) is 1.68. The minimum atomic E-state index is -0.512. The number of aromatic nitrogens is 1. The molecular formula is C10H15N3O2. The predicted molar refractivity (Wildman–Crippen MR) is 57.5 cm³/mol. The number of hydrogen-bond acceptors (Lipinski definition) is 4. The third kappa shape index (κ3) is 3.21. The average Bonchev–Trinajstić information content (AvgIpc) is 2.26. The number of rotatable bonds is 5. The number of aliphatic hydroxyl groups excluding tert-OH is 1. The first-order valence-electron chi connectivity index (χ1n) is 4.73. The average molecular weight is 209 g/mol. The molecule has 5 nitrogen and oxygen atoms in total. The van der Waals surface area contributed by atoms with Crippen LogP contribution in [0.4, 0.5) is 5.69 Å². The van der Waals surface area contributed by atoms with Crippen molar-refractivity contribution in [2.24, 2.45) is 11.7 Å². The lowest BCUT2D eigenvalue weighted by Gasteiger charge is -2.12. The molecule has 1 heterocycles. The van der Waals surface area contributed by atoms with Crippen LogP contribution in [-0.4, -0.2) is 29.1 Å². The lowest BCUT2D eigenvalue weighted by atomic mass is 10.1. The molecule has 0 saturated heterocycles. The highest BCUT2D eigenvalue weighted by molar-refractivity contribution is 5.98. The molecule has 1 amide bonds. The van der Waals surface area contributed by atoms with E-state index in [0.717, 1.165) is 0 Å². The zero-order chi connectivity index (χ0) is 11.3. The van der Waals surface area contributed by atoms with Gasteiger partial charge in [0.05, 0.1) is 11.3 Å². The van der Waals surface area contributed by atoms with E-state index < -0.39 is 5.91 Å². The molecule has 0 aliphatic rings. The van der Waals surface area contributed by atoms with E-state index in [1.807, 2.05) is 6.92 Å². The van der Waals surface area contributed by atoms with E-state index >= 15 is 0 Å². The summed E-state index contributed by atoms with van der Waals surface area (Å²) >= 11 is 0. The van der Waals surface area contributed by atoms with Crippen molar-refractivity contribution < 1.29 is 9.90 Å². The minimum Gasteiger partial charge on any atom is -0.396 e. The predicted octanol–water partition coefficient (Wildman–Crippen LogP) is 0.221. The largest absolute Gasteiger partial charge is 0.396 e. The molecule has 4 N–H and O–H groups in total. The van der Waals surface area contributed by atoms with Gasteiger partial charge in [0.15, 0.2) is 0 Å². The number of nitrogens with two attached hydrogens (primary N) is 1. The summed E-state index contributed by atoms with van der Waals surface area (Å²) in [6.07, 6.45) is 3.01. The number of primary amides is 1. The number of aliphatic hydroxyl groups is 1. The van der Waals surface area contributed by atoms with Crippen LogP contribution < -0.4 is 11.1 Å². The van der Waals surface area contributed by atoms with Crippen molar-refractivity contribution in [1.29, 1.82) is 0 Å². The Morgan fingerprint density at radius 1 is 1.73 bits per heavy atom. The summed E-state index contributed by atoms with van der Waals surface area (Å²) in [5.74, 6) is -0.388. The fourth-order valence-electron chi connectivity index (χ4n) is 1.09. The molecule has 0 aliphatic heterocycles. The van der Waals surface area contributed by atoms with Gasteiger partial charge in [0, 0.05) is 25.5 Å². The van der Waals surface area contributed by atoms with Gasteiger partial charge in [-0.05, 0) is 12.0 Å². The second kappa shape index (κ2) is 5.31. The van der Waals surface area contributed by atoms with Gasteiger partial charge < -0.3 is 16.2 Å². The first-order valence-corrected chi connectivity index (χ1v) is 4.73. The van der Waals surface area contributed by atoms with E-state index in [-0.39, 0.29) is 12.5 Å². The molecule has 5 heteroatoms. The highest BCUT2D eigenvalue weighted by Crippen LogP contribution is 2.12. The minimum absolute atomic E-state index is 0.101. The Labute approximate surface area is 88.3 Å². The number of pyridine rings is 1. The van der Waals surface area contributed by atoms with Crippen molar-refractivity contribution in [3.05, 3.63) is 24.0 Å². The van der Waals surface area contributed by atoms with Crippen LogP contribution in [0.1, 0.15) is 17.3 Å². The maximum absolute atomic E-state index is 11.0. The summed E-state index contributed by atoms with van der Waals surface area (Å²) < 4.78 is 0. The Hall–Kier alpha value is -1.62. The van der Waals surface area contributed by atoms with Crippen LogP contribution in [0.5, 0.6) is 0 Å². The summed E-state index contributed by atoms with van der Waals surface area (Å²) in [5, 5.41) is 11.9. The summed E-state index contributed by atoms with van der Waals surface area (Å²) in [7, 11) is 0. The number of nitrogens with zero attached hydrogens (tertiary/aromatic N) is 1. The van der Waals surface area contributed by atoms with E-state index in [1.165, 1.54) is 6.20 Å². The van der Waals surface area contributed by atoms with Crippen LogP contribution in [0.3, 0.4) is 0 Å². The molecule has 0 radical (unpaired) electrons. The van der Waals surface area contributed by atoms with E-state index in [4.69, 9.17) is 10.8 Å². The number of amides is 1. The second-order valence-electron chi connectivity index (χ2n) is 3.45. The molecule has 0 saturated carbocycles. The van der Waals surface area contributed by atoms with Gasteiger partial charge in [-0.15, -0.1) is 0 Å². The monoisotopic (exact) mass is 209 g/mol. The zero-order valence-electron chi connectivity index (χ0n) is 8.60. The van der Waals surface area contributed by atoms with Crippen molar-refractivity contribution in [3.8, 4) is 0 Å². The molecule has 82 valence electrons. The van der Waals surface area contributed by atoms with E-state index in [9.17, 15) is 4.79 Å². The highest BCUT2D eigenvalue weighted by atomic mass is 16.3. The molecule has 0 aromatic carbocycles. The number of hydrogen-bond donors (Lipinski definition) is 3. The fraction of sp³-hybridized carbons (Fsp3) is 0.400. The Kier molecular flexibility index (Phi) is 4.05. The van der Waals surface area contributed by atoms with E-state index in [0.29, 0.717) is 17.8 Å².